The van der Waals surface area contributed by atoms with E-state index in [1.807, 2.05) is 12.1 Å². The van der Waals surface area contributed by atoms with Crippen LogP contribution in [0.1, 0.15) is 6.92 Å². The van der Waals surface area contributed by atoms with Crippen molar-refractivity contribution in [2.24, 2.45) is 0 Å². The Bertz CT molecular complexity index is 1720. The van der Waals surface area contributed by atoms with Gasteiger partial charge in [0, 0.05) is 59.3 Å². The van der Waals surface area contributed by atoms with Gasteiger partial charge in [-0.25, -0.2) is 9.78 Å². The zero-order valence-corrected chi connectivity index (χ0v) is 19.1. The molecule has 7 heteroatoms. The number of aromatic amines is 2. The molecule has 3 aromatic heterocycles. The van der Waals surface area contributed by atoms with Gasteiger partial charge < -0.3 is 23.8 Å². The smallest absolute Gasteiger partial charge is 0.323 e. The average molecular weight is 452 g/mol. The number of nitrogens with zero attached hydrogens (tertiary/aromatic N) is 3. The van der Waals surface area contributed by atoms with E-state index in [1.165, 1.54) is 21.8 Å². The van der Waals surface area contributed by atoms with Crippen molar-refractivity contribution in [3.8, 4) is 22.6 Å². The Kier molecular flexibility index (Phi) is 4.85. The topological polar surface area (TPSA) is 80.6 Å². The SMILES string of the molecule is CCn1c2ccccc2c2cc(-c3nc4cc(-c5c[nH]c(=O)[nH]5)ccc4n3CCOC)ccc21. The molecule has 0 atom stereocenters. The number of fused-ring (bicyclic) bond motifs is 4. The van der Waals surface area contributed by atoms with Gasteiger partial charge in [-0.1, -0.05) is 24.3 Å². The van der Waals surface area contributed by atoms with Crippen molar-refractivity contribution in [3.63, 3.8) is 0 Å². The number of ether oxygens (including phenoxy) is 1. The maximum atomic E-state index is 11.6. The zero-order valence-electron chi connectivity index (χ0n) is 19.1. The molecule has 7 nitrogen and oxygen atoms in total. The average Bonchev–Trinajstić information content (AvgIpc) is 3.55. The summed E-state index contributed by atoms with van der Waals surface area (Å²) in [6, 6.07) is 21.2. The third kappa shape index (κ3) is 3.16. The number of methoxy groups -OCH3 is 1. The van der Waals surface area contributed by atoms with E-state index in [9.17, 15) is 4.79 Å². The van der Waals surface area contributed by atoms with Crippen LogP contribution in [-0.2, 0) is 17.8 Å². The molecule has 3 aromatic carbocycles. The Morgan fingerprint density at radius 2 is 1.71 bits per heavy atom. The molecule has 0 saturated carbocycles. The van der Waals surface area contributed by atoms with Gasteiger partial charge in [-0.3, -0.25) is 0 Å². The van der Waals surface area contributed by atoms with E-state index in [-0.39, 0.29) is 5.69 Å². The molecule has 0 spiro atoms. The summed E-state index contributed by atoms with van der Waals surface area (Å²) in [5.74, 6) is 0.905. The van der Waals surface area contributed by atoms with Crippen molar-refractivity contribution in [2.75, 3.05) is 13.7 Å². The second-order valence-electron chi connectivity index (χ2n) is 8.43. The van der Waals surface area contributed by atoms with E-state index in [4.69, 9.17) is 9.72 Å². The Hall–Kier alpha value is -4.10. The third-order valence-corrected chi connectivity index (χ3v) is 6.52. The molecule has 170 valence electrons. The summed E-state index contributed by atoms with van der Waals surface area (Å²) in [7, 11) is 1.71. The van der Waals surface area contributed by atoms with Crippen molar-refractivity contribution < 1.29 is 4.74 Å². The number of benzene rings is 3. The van der Waals surface area contributed by atoms with Gasteiger partial charge in [0.1, 0.15) is 5.82 Å². The fourth-order valence-electron chi connectivity index (χ4n) is 4.95. The fourth-order valence-corrected chi connectivity index (χ4v) is 4.95. The first-order chi connectivity index (χ1) is 16.7. The molecule has 0 aliphatic heterocycles. The predicted octanol–water partition coefficient (Wildman–Crippen LogP) is 5.16. The summed E-state index contributed by atoms with van der Waals surface area (Å²) in [5.41, 5.74) is 6.88. The van der Waals surface area contributed by atoms with Gasteiger partial charge >= 0.3 is 5.69 Å². The van der Waals surface area contributed by atoms with Gasteiger partial charge in [0.25, 0.3) is 0 Å². The highest BCUT2D eigenvalue weighted by Gasteiger charge is 2.16. The number of imidazole rings is 2. The van der Waals surface area contributed by atoms with Gasteiger partial charge in [0.05, 0.1) is 23.3 Å². The maximum Gasteiger partial charge on any atom is 0.323 e. The van der Waals surface area contributed by atoms with E-state index < -0.39 is 0 Å². The molecular formula is C27H25N5O2. The number of aryl methyl sites for hydroxylation is 1. The van der Waals surface area contributed by atoms with Gasteiger partial charge in [0.2, 0.25) is 0 Å². The van der Waals surface area contributed by atoms with Crippen LogP contribution in [0.5, 0.6) is 0 Å². The molecule has 0 aliphatic carbocycles. The van der Waals surface area contributed by atoms with E-state index >= 15 is 0 Å². The summed E-state index contributed by atoms with van der Waals surface area (Å²) in [5, 5.41) is 2.48. The van der Waals surface area contributed by atoms with Crippen LogP contribution >= 0.6 is 0 Å². The molecule has 0 radical (unpaired) electrons. The Labute approximate surface area is 195 Å². The molecule has 0 bridgehead atoms. The molecule has 0 amide bonds. The number of para-hydroxylation sites is 1. The molecule has 6 rings (SSSR count). The van der Waals surface area contributed by atoms with Crippen molar-refractivity contribution in [1.29, 1.82) is 0 Å². The van der Waals surface area contributed by atoms with Crippen molar-refractivity contribution in [2.45, 2.75) is 20.0 Å². The quantitative estimate of drug-likeness (QED) is 0.367. The van der Waals surface area contributed by atoms with Crippen molar-refractivity contribution >= 4 is 32.8 Å². The number of hydrogen-bond acceptors (Lipinski definition) is 3. The fraction of sp³-hybridized carbons (Fsp3) is 0.185. The van der Waals surface area contributed by atoms with Crippen LogP contribution in [0.3, 0.4) is 0 Å². The van der Waals surface area contributed by atoms with Gasteiger partial charge in [-0.15, -0.1) is 0 Å². The number of aromatic nitrogens is 5. The lowest BCUT2D eigenvalue weighted by Crippen LogP contribution is -2.06. The standard InChI is InChI=1S/C27H25N5O2/c1-3-31-23-7-5-4-6-19(23)20-14-18(9-10-24(20)31)26-29-21-15-17(22-16-28-27(33)30-22)8-11-25(21)32(26)12-13-34-2/h4-11,14-16H,3,12-13H2,1-2H3,(H2,28,30,33). The van der Waals surface area contributed by atoms with E-state index in [2.05, 4.69) is 74.6 Å². The minimum absolute atomic E-state index is 0.221. The lowest BCUT2D eigenvalue weighted by molar-refractivity contribution is 0.188. The van der Waals surface area contributed by atoms with E-state index in [1.54, 1.807) is 13.3 Å². The normalized spacial score (nSPS) is 11.8. The highest BCUT2D eigenvalue weighted by molar-refractivity contribution is 6.09. The minimum atomic E-state index is -0.221. The Balaban J connectivity index is 1.56. The lowest BCUT2D eigenvalue weighted by atomic mass is 10.1. The molecule has 0 fully saturated rings. The van der Waals surface area contributed by atoms with Crippen LogP contribution in [0.2, 0.25) is 0 Å². The highest BCUT2D eigenvalue weighted by Crippen LogP contribution is 2.34. The van der Waals surface area contributed by atoms with Crippen LogP contribution in [0.15, 0.2) is 71.7 Å². The van der Waals surface area contributed by atoms with Gasteiger partial charge in [-0.05, 0) is 43.3 Å². The van der Waals surface area contributed by atoms with Crippen molar-refractivity contribution in [1.82, 2.24) is 24.1 Å². The van der Waals surface area contributed by atoms with Crippen LogP contribution in [0.25, 0.3) is 55.5 Å². The molecule has 3 heterocycles. The lowest BCUT2D eigenvalue weighted by Gasteiger charge is -2.10. The minimum Gasteiger partial charge on any atom is -0.383 e. The van der Waals surface area contributed by atoms with E-state index in [0.717, 1.165) is 40.2 Å². The Morgan fingerprint density at radius 1 is 0.912 bits per heavy atom. The first-order valence-corrected chi connectivity index (χ1v) is 11.5. The van der Waals surface area contributed by atoms with Crippen LogP contribution in [0, 0.1) is 0 Å². The molecule has 0 saturated heterocycles. The van der Waals surface area contributed by atoms with Gasteiger partial charge in [-0.2, -0.15) is 0 Å². The number of nitrogens with one attached hydrogen (secondary N) is 2. The molecule has 0 unspecified atom stereocenters. The number of rotatable bonds is 6. The largest absolute Gasteiger partial charge is 0.383 e. The first kappa shape index (κ1) is 20.5. The van der Waals surface area contributed by atoms with Crippen LogP contribution in [-0.4, -0.2) is 37.8 Å². The monoisotopic (exact) mass is 451 g/mol. The first-order valence-electron chi connectivity index (χ1n) is 11.5. The summed E-state index contributed by atoms with van der Waals surface area (Å²) >= 11 is 0. The number of hydrogen-bond donors (Lipinski definition) is 2. The molecule has 34 heavy (non-hydrogen) atoms. The Morgan fingerprint density at radius 3 is 2.50 bits per heavy atom. The summed E-state index contributed by atoms with van der Waals surface area (Å²) in [6.45, 7) is 4.37. The molecule has 6 aromatic rings. The molecule has 0 aliphatic rings. The highest BCUT2D eigenvalue weighted by atomic mass is 16.5. The summed E-state index contributed by atoms with van der Waals surface area (Å²) in [4.78, 5) is 22.1. The van der Waals surface area contributed by atoms with Gasteiger partial charge in [0.15, 0.2) is 0 Å². The molecular weight excluding hydrogens is 426 g/mol. The predicted molar refractivity (Wildman–Crippen MR) is 136 cm³/mol. The third-order valence-electron chi connectivity index (χ3n) is 6.52. The zero-order chi connectivity index (χ0) is 23.2. The second-order valence-corrected chi connectivity index (χ2v) is 8.43. The number of H-pyrrole nitrogens is 2. The second kappa shape index (κ2) is 8.04. The summed E-state index contributed by atoms with van der Waals surface area (Å²) in [6.07, 6.45) is 1.68. The van der Waals surface area contributed by atoms with E-state index in [0.29, 0.717) is 13.2 Å². The molecule has 2 N–H and O–H groups in total. The maximum absolute atomic E-state index is 11.6. The van der Waals surface area contributed by atoms with Crippen LogP contribution < -0.4 is 5.69 Å². The van der Waals surface area contributed by atoms with Crippen LogP contribution in [0.4, 0.5) is 0 Å². The summed E-state index contributed by atoms with van der Waals surface area (Å²) < 4.78 is 9.97. The van der Waals surface area contributed by atoms with Crippen molar-refractivity contribution in [3.05, 3.63) is 77.3 Å².